The zero-order chi connectivity index (χ0) is 15.9. The van der Waals surface area contributed by atoms with Crippen molar-refractivity contribution in [2.45, 2.75) is 57.7 Å². The summed E-state index contributed by atoms with van der Waals surface area (Å²) in [6.07, 6.45) is 2.99. The first-order chi connectivity index (χ1) is 10.5. The third-order valence-corrected chi connectivity index (χ3v) is 3.90. The number of nitrogens with one attached hydrogen (secondary N) is 2. The fraction of sp³-hybridized carbons (Fsp3) is 0.588. The number of ether oxygens (including phenoxy) is 1. The number of aliphatic hydroxyl groups is 1. The number of aliphatic hydroxyl groups excluding tert-OH is 1. The predicted molar refractivity (Wildman–Crippen MR) is 86.1 cm³/mol. The van der Waals surface area contributed by atoms with E-state index < -0.39 is 0 Å². The Morgan fingerprint density at radius 2 is 2.09 bits per heavy atom. The first-order valence-electron chi connectivity index (χ1n) is 7.97. The van der Waals surface area contributed by atoms with E-state index in [1.165, 1.54) is 0 Å². The van der Waals surface area contributed by atoms with Crippen molar-refractivity contribution < 1.29 is 14.6 Å². The summed E-state index contributed by atoms with van der Waals surface area (Å²) in [7, 11) is 0. The Morgan fingerprint density at radius 1 is 1.36 bits per heavy atom. The minimum Gasteiger partial charge on any atom is -0.491 e. The quantitative estimate of drug-likeness (QED) is 0.782. The van der Waals surface area contributed by atoms with Crippen LogP contribution in [0.3, 0.4) is 0 Å². The molecule has 0 spiro atoms. The van der Waals surface area contributed by atoms with Crippen LogP contribution in [0.15, 0.2) is 24.3 Å². The van der Waals surface area contributed by atoms with Crippen LogP contribution in [-0.4, -0.2) is 35.9 Å². The second-order valence-corrected chi connectivity index (χ2v) is 6.15. The molecule has 1 saturated carbocycles. The third-order valence-electron chi connectivity index (χ3n) is 3.90. The highest BCUT2D eigenvalue weighted by Gasteiger charge is 2.21. The lowest BCUT2D eigenvalue weighted by Crippen LogP contribution is -2.48. The first kappa shape index (κ1) is 16.6. The van der Waals surface area contributed by atoms with Gasteiger partial charge in [0.05, 0.1) is 12.1 Å². The van der Waals surface area contributed by atoms with Crippen molar-refractivity contribution in [3.8, 4) is 5.75 Å². The van der Waals surface area contributed by atoms with Crippen molar-refractivity contribution >= 4 is 6.03 Å². The second-order valence-electron chi connectivity index (χ2n) is 6.15. The van der Waals surface area contributed by atoms with Gasteiger partial charge in [-0.1, -0.05) is 12.1 Å². The number of carbonyl (C=O) groups is 1. The molecule has 22 heavy (non-hydrogen) atoms. The molecule has 1 aliphatic rings. The van der Waals surface area contributed by atoms with Crippen LogP contribution in [0.1, 0.15) is 38.2 Å². The van der Waals surface area contributed by atoms with E-state index in [1.54, 1.807) is 0 Å². The van der Waals surface area contributed by atoms with Crippen LogP contribution in [0, 0.1) is 6.92 Å². The monoisotopic (exact) mass is 306 g/mol. The van der Waals surface area contributed by atoms with Crippen LogP contribution in [0.2, 0.25) is 0 Å². The Labute approximate surface area is 132 Å². The van der Waals surface area contributed by atoms with Gasteiger partial charge in [-0.15, -0.1) is 0 Å². The molecule has 0 radical (unpaired) electrons. The average Bonchev–Trinajstić information content (AvgIpc) is 2.47. The van der Waals surface area contributed by atoms with Crippen LogP contribution >= 0.6 is 0 Å². The van der Waals surface area contributed by atoms with E-state index in [0.29, 0.717) is 6.61 Å². The molecule has 3 N–H and O–H groups in total. The lowest BCUT2D eigenvalue weighted by Gasteiger charge is -2.27. The Balaban J connectivity index is 1.67. The fourth-order valence-electron chi connectivity index (χ4n) is 2.64. The largest absolute Gasteiger partial charge is 0.491 e. The molecule has 1 aromatic carbocycles. The molecule has 0 saturated heterocycles. The van der Waals surface area contributed by atoms with Crippen molar-refractivity contribution in [2.75, 3.05) is 6.61 Å². The van der Waals surface area contributed by atoms with E-state index in [1.807, 2.05) is 38.1 Å². The lowest BCUT2D eigenvalue weighted by molar-refractivity contribution is 0.117. The van der Waals surface area contributed by atoms with Gasteiger partial charge in [0.1, 0.15) is 12.4 Å². The summed E-state index contributed by atoms with van der Waals surface area (Å²) in [5.74, 6) is 0.815. The summed E-state index contributed by atoms with van der Waals surface area (Å²) >= 11 is 0. The zero-order valence-corrected chi connectivity index (χ0v) is 13.3. The maximum absolute atomic E-state index is 11.9. The molecule has 0 unspecified atom stereocenters. The van der Waals surface area contributed by atoms with Crippen LogP contribution in [0.25, 0.3) is 0 Å². The molecule has 0 aromatic heterocycles. The smallest absolute Gasteiger partial charge is 0.315 e. The van der Waals surface area contributed by atoms with Gasteiger partial charge in [-0.25, -0.2) is 4.79 Å². The summed E-state index contributed by atoms with van der Waals surface area (Å²) < 4.78 is 5.68. The molecule has 0 bridgehead atoms. The number of aryl methyl sites for hydroxylation is 1. The minimum atomic E-state index is -0.206. The Morgan fingerprint density at radius 3 is 2.77 bits per heavy atom. The number of carbonyl (C=O) groups excluding carboxylic acids is 1. The highest BCUT2D eigenvalue weighted by molar-refractivity contribution is 5.74. The number of rotatable bonds is 5. The molecule has 0 aliphatic heterocycles. The Kier molecular flexibility index (Phi) is 6.07. The second kappa shape index (κ2) is 8.03. The number of hydrogen-bond donors (Lipinski definition) is 3. The van der Waals surface area contributed by atoms with E-state index in [-0.39, 0.29) is 24.2 Å². The average molecular weight is 306 g/mol. The maximum atomic E-state index is 11.9. The molecule has 5 nitrogen and oxygen atoms in total. The lowest BCUT2D eigenvalue weighted by atomic mass is 9.93. The number of urea groups is 1. The molecule has 0 heterocycles. The Bertz CT molecular complexity index is 485. The van der Waals surface area contributed by atoms with Gasteiger partial charge >= 0.3 is 6.03 Å². The van der Waals surface area contributed by atoms with Gasteiger partial charge in [-0.3, -0.25) is 0 Å². The molecule has 1 aromatic rings. The highest BCUT2D eigenvalue weighted by Crippen LogP contribution is 2.18. The molecular formula is C17H26N2O3. The minimum absolute atomic E-state index is 0.0744. The summed E-state index contributed by atoms with van der Waals surface area (Å²) in [6, 6.07) is 7.77. The number of benzene rings is 1. The van der Waals surface area contributed by atoms with Gasteiger partial charge in [0, 0.05) is 6.04 Å². The van der Waals surface area contributed by atoms with Crippen LogP contribution in [0.4, 0.5) is 4.79 Å². The van der Waals surface area contributed by atoms with Gasteiger partial charge in [0.2, 0.25) is 0 Å². The predicted octanol–water partition coefficient (Wildman–Crippen LogP) is 2.37. The molecular weight excluding hydrogens is 280 g/mol. The van der Waals surface area contributed by atoms with Gasteiger partial charge in [-0.05, 0) is 57.2 Å². The molecule has 1 atom stereocenters. The molecule has 5 heteroatoms. The first-order valence-corrected chi connectivity index (χ1v) is 7.97. The highest BCUT2D eigenvalue weighted by atomic mass is 16.5. The van der Waals surface area contributed by atoms with Crippen molar-refractivity contribution in [2.24, 2.45) is 0 Å². The molecule has 2 rings (SSSR count). The van der Waals surface area contributed by atoms with Crippen molar-refractivity contribution in [1.29, 1.82) is 0 Å². The molecule has 122 valence electrons. The summed E-state index contributed by atoms with van der Waals surface area (Å²) in [5.41, 5.74) is 1.15. The van der Waals surface area contributed by atoms with E-state index in [9.17, 15) is 9.90 Å². The summed E-state index contributed by atoms with van der Waals surface area (Å²) in [5, 5.41) is 15.3. The van der Waals surface area contributed by atoms with Gasteiger partial charge in [-0.2, -0.15) is 0 Å². The maximum Gasteiger partial charge on any atom is 0.315 e. The van der Waals surface area contributed by atoms with Crippen LogP contribution in [-0.2, 0) is 0 Å². The number of amides is 2. The van der Waals surface area contributed by atoms with Crippen LogP contribution < -0.4 is 15.4 Å². The van der Waals surface area contributed by atoms with Gasteiger partial charge < -0.3 is 20.5 Å². The van der Waals surface area contributed by atoms with E-state index in [4.69, 9.17) is 4.74 Å². The molecule has 1 aliphatic carbocycles. The summed E-state index contributed by atoms with van der Waals surface area (Å²) in [6.45, 7) is 4.36. The van der Waals surface area contributed by atoms with E-state index in [2.05, 4.69) is 10.6 Å². The number of hydrogen-bond acceptors (Lipinski definition) is 3. The van der Waals surface area contributed by atoms with Gasteiger partial charge in [0.15, 0.2) is 0 Å². The zero-order valence-electron chi connectivity index (χ0n) is 13.3. The van der Waals surface area contributed by atoms with E-state index >= 15 is 0 Å². The van der Waals surface area contributed by atoms with Gasteiger partial charge in [0.25, 0.3) is 0 Å². The third kappa shape index (κ3) is 5.56. The molecule has 2 amide bonds. The fourth-order valence-corrected chi connectivity index (χ4v) is 2.64. The Hall–Kier alpha value is -1.75. The summed E-state index contributed by atoms with van der Waals surface area (Å²) in [4.78, 5) is 11.9. The van der Waals surface area contributed by atoms with Crippen molar-refractivity contribution in [3.05, 3.63) is 29.8 Å². The normalized spacial score (nSPS) is 22.7. The SMILES string of the molecule is Cc1cccc(OC[C@@H](C)NC(=O)NC2CCC(O)CC2)c1. The van der Waals surface area contributed by atoms with Crippen molar-refractivity contribution in [1.82, 2.24) is 10.6 Å². The van der Waals surface area contributed by atoms with Crippen molar-refractivity contribution in [3.63, 3.8) is 0 Å². The standard InChI is InChI=1S/C17H26N2O3/c1-12-4-3-5-16(10-12)22-11-13(2)18-17(21)19-14-6-8-15(20)9-7-14/h3-5,10,13-15,20H,6-9,11H2,1-2H3,(H2,18,19,21)/t13-,14?,15?/m1/s1. The van der Waals surface area contributed by atoms with Crippen LogP contribution in [0.5, 0.6) is 5.75 Å². The molecule has 1 fully saturated rings. The van der Waals surface area contributed by atoms with E-state index in [0.717, 1.165) is 37.0 Å². The topological polar surface area (TPSA) is 70.6 Å².